The Hall–Kier alpha value is -2.68. The first-order valence-electron chi connectivity index (χ1n) is 7.42. The molecule has 0 saturated carbocycles. The fourth-order valence-corrected chi connectivity index (χ4v) is 2.82. The fourth-order valence-electron chi connectivity index (χ4n) is 1.87. The summed E-state index contributed by atoms with van der Waals surface area (Å²) in [7, 11) is 0. The van der Waals surface area contributed by atoms with Crippen LogP contribution in [0.2, 0.25) is 10.0 Å². The lowest BCUT2D eigenvalue weighted by atomic mass is 10.3. The van der Waals surface area contributed by atoms with E-state index in [1.54, 1.807) is 30.3 Å². The highest BCUT2D eigenvalue weighted by atomic mass is 35.5. The van der Waals surface area contributed by atoms with Crippen molar-refractivity contribution >= 4 is 47.1 Å². The number of pyridine rings is 1. The second-order valence-electron chi connectivity index (χ2n) is 4.98. The topological polar surface area (TPSA) is 93.5 Å². The first-order chi connectivity index (χ1) is 13.0. The summed E-state index contributed by atoms with van der Waals surface area (Å²) in [6.45, 7) is 0. The lowest BCUT2D eigenvalue weighted by molar-refractivity contribution is 0.0938. The van der Waals surface area contributed by atoms with Gasteiger partial charge >= 0.3 is 6.03 Å². The Morgan fingerprint density at radius 1 is 1.15 bits per heavy atom. The van der Waals surface area contributed by atoms with Crippen LogP contribution in [0.25, 0.3) is 0 Å². The Balaban J connectivity index is 1.51. The van der Waals surface area contributed by atoms with E-state index < -0.39 is 11.9 Å². The van der Waals surface area contributed by atoms with Crippen molar-refractivity contribution in [3.05, 3.63) is 70.7 Å². The number of nitrogens with zero attached hydrogens (tertiary/aromatic N) is 1. The molecule has 0 aliphatic carbocycles. The number of hydrogen-bond acceptors (Lipinski definition) is 6. The number of imide groups is 1. The number of nitrogens with one attached hydrogen (secondary N) is 2. The van der Waals surface area contributed by atoms with Gasteiger partial charge in [0.1, 0.15) is 10.8 Å². The van der Waals surface area contributed by atoms with Gasteiger partial charge in [-0.25, -0.2) is 9.78 Å². The molecule has 0 saturated heterocycles. The number of halogens is 2. The van der Waals surface area contributed by atoms with E-state index in [4.69, 9.17) is 32.4 Å². The van der Waals surface area contributed by atoms with Crippen LogP contribution in [0.1, 0.15) is 10.6 Å². The lowest BCUT2D eigenvalue weighted by Gasteiger charge is -2.08. The van der Waals surface area contributed by atoms with Gasteiger partial charge in [0.25, 0.3) is 5.91 Å². The molecule has 0 bridgehead atoms. The smallest absolute Gasteiger partial charge is 0.332 e. The molecule has 2 aromatic heterocycles. The highest BCUT2D eigenvalue weighted by molar-refractivity contribution is 7.98. The number of urea groups is 1. The number of hydrogen-bond donors (Lipinski definition) is 2. The summed E-state index contributed by atoms with van der Waals surface area (Å²) in [6, 6.07) is 10.7. The van der Waals surface area contributed by atoms with E-state index in [1.807, 2.05) is 0 Å². The molecule has 3 aromatic rings. The van der Waals surface area contributed by atoms with Crippen molar-refractivity contribution in [2.45, 2.75) is 4.90 Å². The van der Waals surface area contributed by atoms with Crippen LogP contribution in [0.15, 0.2) is 64.2 Å². The van der Waals surface area contributed by atoms with E-state index in [0.717, 1.165) is 16.8 Å². The molecular weight excluding hydrogens is 413 g/mol. The van der Waals surface area contributed by atoms with Crippen LogP contribution < -0.4 is 14.8 Å². The SMILES string of the molecule is O=C(NSc1ccc(Oc2ncc(Cl)cc2Cl)cc1)NC(=O)c1ccco1. The summed E-state index contributed by atoms with van der Waals surface area (Å²) in [5.41, 5.74) is 0. The predicted molar refractivity (Wildman–Crippen MR) is 101 cm³/mol. The summed E-state index contributed by atoms with van der Waals surface area (Å²) >= 11 is 12.8. The Labute approximate surface area is 168 Å². The number of aromatic nitrogens is 1. The molecule has 138 valence electrons. The normalized spacial score (nSPS) is 10.3. The largest absolute Gasteiger partial charge is 0.459 e. The molecule has 0 spiro atoms. The van der Waals surface area contributed by atoms with E-state index in [1.165, 1.54) is 24.6 Å². The Morgan fingerprint density at radius 2 is 1.93 bits per heavy atom. The molecule has 2 N–H and O–H groups in total. The number of ether oxygens (including phenoxy) is 1. The van der Waals surface area contributed by atoms with Crippen molar-refractivity contribution in [2.24, 2.45) is 0 Å². The Morgan fingerprint density at radius 3 is 2.59 bits per heavy atom. The zero-order valence-electron chi connectivity index (χ0n) is 13.4. The Bertz CT molecular complexity index is 949. The minimum atomic E-state index is -0.668. The van der Waals surface area contributed by atoms with E-state index in [0.29, 0.717) is 15.8 Å². The van der Waals surface area contributed by atoms with Gasteiger partial charge in [-0.2, -0.15) is 0 Å². The van der Waals surface area contributed by atoms with Crippen LogP contribution >= 0.6 is 35.1 Å². The standard InChI is InChI=1S/C17H11Cl2N3O4S/c18-10-8-13(19)16(20-9-10)26-11-3-5-12(6-4-11)27-22-17(24)21-15(23)14-2-1-7-25-14/h1-9H,(H2,21,22,23,24). The zero-order chi connectivity index (χ0) is 19.2. The lowest BCUT2D eigenvalue weighted by Crippen LogP contribution is -2.36. The molecule has 7 nitrogen and oxygen atoms in total. The second kappa shape index (κ2) is 8.81. The third-order valence-electron chi connectivity index (χ3n) is 3.05. The van der Waals surface area contributed by atoms with Gasteiger partial charge in [0.15, 0.2) is 5.76 Å². The van der Waals surface area contributed by atoms with Gasteiger partial charge in [0.2, 0.25) is 5.88 Å². The average molecular weight is 424 g/mol. The molecule has 0 fully saturated rings. The van der Waals surface area contributed by atoms with Gasteiger partial charge in [-0.3, -0.25) is 14.8 Å². The van der Waals surface area contributed by atoms with Crippen LogP contribution in [0, 0.1) is 0 Å². The summed E-state index contributed by atoms with van der Waals surface area (Å²) in [5, 5.41) is 2.85. The molecule has 3 amide bonds. The van der Waals surface area contributed by atoms with Crippen LogP contribution in [-0.2, 0) is 0 Å². The van der Waals surface area contributed by atoms with Gasteiger partial charge in [-0.15, -0.1) is 0 Å². The number of carbonyl (C=O) groups excluding carboxylic acids is 2. The maximum atomic E-state index is 11.7. The predicted octanol–water partition coefficient (Wildman–Crippen LogP) is 4.92. The van der Waals surface area contributed by atoms with Crippen molar-refractivity contribution in [1.82, 2.24) is 15.0 Å². The Kier molecular flexibility index (Phi) is 6.23. The van der Waals surface area contributed by atoms with Crippen molar-refractivity contribution < 1.29 is 18.7 Å². The van der Waals surface area contributed by atoms with Crippen molar-refractivity contribution in [2.75, 3.05) is 0 Å². The average Bonchev–Trinajstić information content (AvgIpc) is 3.18. The molecule has 0 atom stereocenters. The third-order valence-corrected chi connectivity index (χ3v) is 4.32. The zero-order valence-corrected chi connectivity index (χ0v) is 15.8. The monoisotopic (exact) mass is 423 g/mol. The summed E-state index contributed by atoms with van der Waals surface area (Å²) < 4.78 is 13.0. The van der Waals surface area contributed by atoms with E-state index in [-0.39, 0.29) is 11.6 Å². The van der Waals surface area contributed by atoms with E-state index >= 15 is 0 Å². The van der Waals surface area contributed by atoms with Gasteiger partial charge in [-0.05, 0) is 54.4 Å². The highest BCUT2D eigenvalue weighted by Gasteiger charge is 2.12. The van der Waals surface area contributed by atoms with Crippen LogP contribution in [-0.4, -0.2) is 16.9 Å². The van der Waals surface area contributed by atoms with E-state index in [2.05, 4.69) is 15.0 Å². The van der Waals surface area contributed by atoms with Gasteiger partial charge in [0.05, 0.1) is 11.3 Å². The molecule has 0 aliphatic heterocycles. The molecule has 27 heavy (non-hydrogen) atoms. The number of amides is 3. The minimum Gasteiger partial charge on any atom is -0.459 e. The summed E-state index contributed by atoms with van der Waals surface area (Å²) in [4.78, 5) is 28.1. The minimum absolute atomic E-state index is 0.0473. The number of carbonyl (C=O) groups is 2. The number of furan rings is 1. The molecule has 0 aliphatic rings. The van der Waals surface area contributed by atoms with Gasteiger partial charge in [-0.1, -0.05) is 23.2 Å². The van der Waals surface area contributed by atoms with Gasteiger partial charge in [0, 0.05) is 11.1 Å². The first kappa shape index (κ1) is 19.1. The highest BCUT2D eigenvalue weighted by Crippen LogP contribution is 2.29. The summed E-state index contributed by atoms with van der Waals surface area (Å²) in [6.07, 6.45) is 2.78. The maximum absolute atomic E-state index is 11.7. The quantitative estimate of drug-likeness (QED) is 0.565. The van der Waals surface area contributed by atoms with E-state index in [9.17, 15) is 9.59 Å². The second-order valence-corrected chi connectivity index (χ2v) is 6.70. The van der Waals surface area contributed by atoms with Gasteiger partial charge < -0.3 is 9.15 Å². The third kappa shape index (κ3) is 5.40. The molecule has 1 aromatic carbocycles. The number of rotatable bonds is 5. The van der Waals surface area contributed by atoms with Crippen molar-refractivity contribution in [3.8, 4) is 11.6 Å². The summed E-state index contributed by atoms with van der Waals surface area (Å²) in [5.74, 6) is 0.157. The number of benzene rings is 1. The van der Waals surface area contributed by atoms with Crippen LogP contribution in [0.4, 0.5) is 4.79 Å². The van der Waals surface area contributed by atoms with Crippen LogP contribution in [0.3, 0.4) is 0 Å². The van der Waals surface area contributed by atoms with Crippen molar-refractivity contribution in [1.29, 1.82) is 0 Å². The molecule has 3 rings (SSSR count). The van der Waals surface area contributed by atoms with Crippen LogP contribution in [0.5, 0.6) is 11.6 Å². The molecule has 0 radical (unpaired) electrons. The molecule has 10 heteroatoms. The molecular formula is C17H11Cl2N3O4S. The molecule has 0 unspecified atom stereocenters. The fraction of sp³-hybridized carbons (Fsp3) is 0. The molecule has 2 heterocycles. The first-order valence-corrected chi connectivity index (χ1v) is 8.99. The maximum Gasteiger partial charge on any atom is 0.332 e. The van der Waals surface area contributed by atoms with Crippen molar-refractivity contribution in [3.63, 3.8) is 0 Å².